The molecule has 2 unspecified atom stereocenters. The first kappa shape index (κ1) is 52.0. The number of hydrogen-bond acceptors (Lipinski definition) is 8. The molecule has 0 saturated heterocycles. The molecule has 0 saturated carbocycles. The van der Waals surface area contributed by atoms with Crippen molar-refractivity contribution in [2.24, 2.45) is 11.3 Å². The van der Waals surface area contributed by atoms with Crippen LogP contribution in [0.2, 0.25) is 0 Å². The molecule has 0 amide bonds. The van der Waals surface area contributed by atoms with E-state index in [0.29, 0.717) is 40.2 Å². The molecule has 1 heterocycles. The monoisotopic (exact) mass is 955 g/mol. The maximum Gasteiger partial charge on any atom is 0.343 e. The topological polar surface area (TPSA) is 105 Å². The number of carbonyl (C=O) groups is 4. The number of ketones is 2. The van der Waals surface area contributed by atoms with Gasteiger partial charge in [0, 0.05) is 27.9 Å². The summed E-state index contributed by atoms with van der Waals surface area (Å²) in [6.07, 6.45) is 2.79. The molecule has 0 spiro atoms. The number of Topliss-reactive ketones (excluding diaryl/α,β-unsaturated/α-hetero) is 2. The molecule has 7 rings (SSSR count). The Labute approximate surface area is 421 Å². The fraction of sp³-hybridized carbons (Fsp3) is 0.365. The molecule has 8 nitrogen and oxygen atoms in total. The Bertz CT molecular complexity index is 2970. The highest BCUT2D eigenvalue weighted by Crippen LogP contribution is 2.41. The van der Waals surface area contributed by atoms with Gasteiger partial charge in [-0.2, -0.15) is 0 Å². The normalized spacial score (nSPS) is 14.4. The Morgan fingerprint density at radius 1 is 0.577 bits per heavy atom. The Morgan fingerprint density at radius 2 is 1.06 bits per heavy atom. The highest BCUT2D eigenvalue weighted by molar-refractivity contribution is 6.02. The largest absolute Gasteiger partial charge is 0.491 e. The van der Waals surface area contributed by atoms with E-state index in [1.54, 1.807) is 48.5 Å². The molecular formula is C63H70O8. The first-order chi connectivity index (χ1) is 33.5. The SMILES string of the molecule is CCC(C)C(=O)c1cccc(C(=O)Oc2ccc(C(C)(C)c3ccc4c(c3)CCCC(C(C)(C)C(=O)c3ccc(C(=O)Oc5ccc(C(C)(C)c6ccc(OC(C)C)c(C)c6)cc5C)cc3)O4)cc2C)c1. The van der Waals surface area contributed by atoms with Gasteiger partial charge >= 0.3 is 11.9 Å². The Morgan fingerprint density at radius 3 is 1.58 bits per heavy atom. The zero-order valence-corrected chi connectivity index (χ0v) is 43.9. The minimum Gasteiger partial charge on any atom is -0.491 e. The summed E-state index contributed by atoms with van der Waals surface area (Å²) < 4.78 is 24.5. The van der Waals surface area contributed by atoms with Gasteiger partial charge in [0.15, 0.2) is 11.6 Å². The highest BCUT2D eigenvalue weighted by atomic mass is 16.5. The van der Waals surface area contributed by atoms with Crippen LogP contribution in [-0.4, -0.2) is 35.7 Å². The number of carbonyl (C=O) groups excluding carboxylic acids is 4. The van der Waals surface area contributed by atoms with Crippen molar-refractivity contribution in [1.29, 1.82) is 0 Å². The van der Waals surface area contributed by atoms with E-state index in [1.165, 1.54) is 0 Å². The highest BCUT2D eigenvalue weighted by Gasteiger charge is 2.40. The molecule has 0 fully saturated rings. The summed E-state index contributed by atoms with van der Waals surface area (Å²) in [5, 5.41) is 0. The van der Waals surface area contributed by atoms with E-state index >= 15 is 0 Å². The predicted octanol–water partition coefficient (Wildman–Crippen LogP) is 14.7. The maximum atomic E-state index is 14.3. The van der Waals surface area contributed by atoms with E-state index in [1.807, 2.05) is 91.8 Å². The number of benzene rings is 6. The lowest BCUT2D eigenvalue weighted by Crippen LogP contribution is -2.41. The van der Waals surface area contributed by atoms with Crippen LogP contribution >= 0.6 is 0 Å². The summed E-state index contributed by atoms with van der Waals surface area (Å²) in [6, 6.07) is 37.9. The standard InChI is InChI=1S/C63H70O8/c1-14-39(4)57(64)46-18-15-19-47(36-46)60(67)71-54-31-27-50(35-42(54)7)62(10,11)51-28-32-55-45(37-51)17-16-20-56(69-55)63(12,13)58(65)43-21-23-44(24-22-43)59(66)70-53-30-26-49(34-41(53)6)61(8,9)48-25-29-52(40(5)33-48)68-38(2)3/h15,18-19,21-39,56H,14,16-17,20H2,1-13H3. The summed E-state index contributed by atoms with van der Waals surface area (Å²) in [5.74, 6) is 1.40. The number of rotatable bonds is 16. The van der Waals surface area contributed by atoms with Crippen molar-refractivity contribution in [3.63, 3.8) is 0 Å². The van der Waals surface area contributed by atoms with E-state index in [-0.39, 0.29) is 35.1 Å². The van der Waals surface area contributed by atoms with Gasteiger partial charge < -0.3 is 18.9 Å². The third kappa shape index (κ3) is 11.2. The third-order valence-corrected chi connectivity index (χ3v) is 14.6. The smallest absolute Gasteiger partial charge is 0.343 e. The molecule has 71 heavy (non-hydrogen) atoms. The molecule has 6 aromatic carbocycles. The minimum absolute atomic E-state index is 0.00839. The van der Waals surface area contributed by atoms with Gasteiger partial charge in [-0.15, -0.1) is 0 Å². The van der Waals surface area contributed by atoms with Crippen LogP contribution in [0.5, 0.6) is 23.0 Å². The average Bonchev–Trinajstić information content (AvgIpc) is 3.58. The number of fused-ring (bicyclic) bond motifs is 1. The van der Waals surface area contributed by atoms with Crippen molar-refractivity contribution in [2.75, 3.05) is 0 Å². The molecule has 0 bridgehead atoms. The average molecular weight is 955 g/mol. The quantitative estimate of drug-likeness (QED) is 0.0537. The van der Waals surface area contributed by atoms with E-state index in [2.05, 4.69) is 71.0 Å². The molecule has 1 aliphatic rings. The summed E-state index contributed by atoms with van der Waals surface area (Å²) in [4.78, 5) is 53.7. The van der Waals surface area contributed by atoms with Gasteiger partial charge in [-0.3, -0.25) is 9.59 Å². The molecule has 0 N–H and O–H groups in total. The zero-order valence-electron chi connectivity index (χ0n) is 43.9. The fourth-order valence-corrected chi connectivity index (χ4v) is 9.40. The van der Waals surface area contributed by atoms with E-state index in [9.17, 15) is 19.2 Å². The van der Waals surface area contributed by atoms with Gasteiger partial charge in [0.1, 0.15) is 29.1 Å². The lowest BCUT2D eigenvalue weighted by Gasteiger charge is -2.33. The molecule has 6 aromatic rings. The van der Waals surface area contributed by atoms with Crippen LogP contribution in [0.25, 0.3) is 0 Å². The number of hydrogen-bond donors (Lipinski definition) is 0. The lowest BCUT2D eigenvalue weighted by atomic mass is 9.77. The maximum absolute atomic E-state index is 14.3. The van der Waals surface area contributed by atoms with E-state index in [4.69, 9.17) is 18.9 Å². The van der Waals surface area contributed by atoms with Crippen molar-refractivity contribution in [1.82, 2.24) is 0 Å². The zero-order chi connectivity index (χ0) is 51.6. The molecule has 0 aliphatic carbocycles. The summed E-state index contributed by atoms with van der Waals surface area (Å²) in [7, 11) is 0. The molecule has 370 valence electrons. The Balaban J connectivity index is 0.984. The van der Waals surface area contributed by atoms with Gasteiger partial charge in [0.05, 0.1) is 22.6 Å². The molecule has 1 aliphatic heterocycles. The van der Waals surface area contributed by atoms with Gasteiger partial charge in [-0.1, -0.05) is 114 Å². The number of esters is 2. The molecular weight excluding hydrogens is 885 g/mol. The van der Waals surface area contributed by atoms with Crippen LogP contribution < -0.4 is 18.9 Å². The predicted molar refractivity (Wildman–Crippen MR) is 282 cm³/mol. The van der Waals surface area contributed by atoms with E-state index < -0.39 is 22.8 Å². The van der Waals surface area contributed by atoms with Crippen LogP contribution in [0, 0.1) is 32.1 Å². The minimum atomic E-state index is -0.868. The molecule has 0 radical (unpaired) electrons. The van der Waals surface area contributed by atoms with Crippen molar-refractivity contribution in [2.45, 2.75) is 139 Å². The van der Waals surface area contributed by atoms with Gasteiger partial charge in [-0.05, 0) is 167 Å². The number of ether oxygens (including phenoxy) is 4. The first-order valence-electron chi connectivity index (χ1n) is 25.0. The molecule has 8 heteroatoms. The molecule has 2 atom stereocenters. The summed E-state index contributed by atoms with van der Waals surface area (Å²) >= 11 is 0. The van der Waals surface area contributed by atoms with Crippen molar-refractivity contribution < 1.29 is 38.1 Å². The van der Waals surface area contributed by atoms with Crippen LogP contribution in [0.4, 0.5) is 0 Å². The second kappa shape index (κ2) is 20.9. The Kier molecular flexibility index (Phi) is 15.3. The van der Waals surface area contributed by atoms with Crippen LogP contribution in [0.3, 0.4) is 0 Å². The second-order valence-corrected chi connectivity index (χ2v) is 21.3. The molecule has 0 aromatic heterocycles. The summed E-state index contributed by atoms with van der Waals surface area (Å²) in [6.45, 7) is 26.4. The fourth-order valence-electron chi connectivity index (χ4n) is 9.40. The van der Waals surface area contributed by atoms with Gasteiger partial charge in [0.2, 0.25) is 0 Å². The second-order valence-electron chi connectivity index (χ2n) is 21.3. The van der Waals surface area contributed by atoms with Gasteiger partial charge in [-0.25, -0.2) is 9.59 Å². The van der Waals surface area contributed by atoms with Crippen molar-refractivity contribution in [3.8, 4) is 23.0 Å². The van der Waals surface area contributed by atoms with Crippen molar-refractivity contribution in [3.05, 3.63) is 188 Å². The third-order valence-electron chi connectivity index (χ3n) is 14.6. The summed E-state index contributed by atoms with van der Waals surface area (Å²) in [5.41, 5.74) is 8.38. The van der Waals surface area contributed by atoms with Crippen molar-refractivity contribution >= 4 is 23.5 Å². The van der Waals surface area contributed by atoms with Crippen LogP contribution in [0.15, 0.2) is 121 Å². The van der Waals surface area contributed by atoms with Crippen LogP contribution in [0.1, 0.15) is 174 Å². The Hall–Kier alpha value is -6.80. The van der Waals surface area contributed by atoms with Gasteiger partial charge in [0.25, 0.3) is 0 Å². The van der Waals surface area contributed by atoms with Crippen LogP contribution in [-0.2, 0) is 17.3 Å². The lowest BCUT2D eigenvalue weighted by molar-refractivity contribution is 0.0479. The first-order valence-corrected chi connectivity index (χ1v) is 25.0. The number of aryl methyl sites for hydroxylation is 4. The van der Waals surface area contributed by atoms with E-state index in [0.717, 1.165) is 75.3 Å².